The maximum absolute atomic E-state index is 12.4. The fraction of sp³-hybridized carbons (Fsp3) is 0.400. The molecule has 0 atom stereocenters. The molecule has 0 aliphatic rings. The zero-order valence-corrected chi connectivity index (χ0v) is 18.8. The van der Waals surface area contributed by atoms with Gasteiger partial charge < -0.3 is 9.47 Å². The van der Waals surface area contributed by atoms with Crippen LogP contribution in [0.5, 0.6) is 11.5 Å². The highest BCUT2D eigenvalue weighted by Gasteiger charge is 2.09. The number of hydrogen-bond acceptors (Lipinski definition) is 3. The van der Waals surface area contributed by atoms with Crippen LogP contribution in [0.1, 0.15) is 70.3 Å². The zero-order valence-electron chi connectivity index (χ0n) is 18.8. The van der Waals surface area contributed by atoms with Crippen molar-refractivity contribution in [3.8, 4) is 11.5 Å². The Hall–Kier alpha value is -2.62. The van der Waals surface area contributed by atoms with Crippen LogP contribution < -0.4 is 9.47 Å². The number of benzene rings is 2. The number of ketones is 1. The molecule has 2 aromatic carbocycles. The van der Waals surface area contributed by atoms with Crippen molar-refractivity contribution >= 4 is 11.4 Å². The minimum absolute atomic E-state index is 0.112. The SMILES string of the molecule is C=C(CCC)c1ccc(OC)c(OC(C)C)c1.CC.CC(=O)c1cccc(F)c1. The lowest BCUT2D eigenvalue weighted by Crippen LogP contribution is -2.07. The third-order valence-electron chi connectivity index (χ3n) is 3.72. The number of carbonyl (C=O) groups excluding carboxylic acids is 1. The summed E-state index contributed by atoms with van der Waals surface area (Å²) in [6, 6.07) is 11.6. The first-order valence-electron chi connectivity index (χ1n) is 10.1. The average molecular weight is 403 g/mol. The zero-order chi connectivity index (χ0) is 22.4. The van der Waals surface area contributed by atoms with E-state index in [2.05, 4.69) is 13.5 Å². The van der Waals surface area contributed by atoms with Gasteiger partial charge in [-0.15, -0.1) is 0 Å². The van der Waals surface area contributed by atoms with Crippen molar-refractivity contribution in [3.63, 3.8) is 0 Å². The number of Topliss-reactive ketones (excluding diaryl/α,β-unsaturated/α-hetero) is 1. The number of carbonyl (C=O) groups is 1. The van der Waals surface area contributed by atoms with Crippen molar-refractivity contribution in [2.75, 3.05) is 7.11 Å². The Bertz CT molecular complexity index is 766. The summed E-state index contributed by atoms with van der Waals surface area (Å²) in [5, 5.41) is 0. The Morgan fingerprint density at radius 3 is 2.17 bits per heavy atom. The molecule has 0 spiro atoms. The monoisotopic (exact) mass is 402 g/mol. The van der Waals surface area contributed by atoms with Crippen molar-refractivity contribution in [2.45, 2.75) is 60.5 Å². The molecule has 0 fully saturated rings. The summed E-state index contributed by atoms with van der Waals surface area (Å²) in [6.07, 6.45) is 2.25. The Kier molecular flexibility index (Phi) is 13.1. The fourth-order valence-electron chi connectivity index (χ4n) is 2.40. The van der Waals surface area contributed by atoms with Crippen molar-refractivity contribution in [3.05, 3.63) is 66.0 Å². The first-order valence-corrected chi connectivity index (χ1v) is 10.1. The van der Waals surface area contributed by atoms with Gasteiger partial charge in [0.2, 0.25) is 0 Å². The first kappa shape index (κ1) is 26.4. The highest BCUT2D eigenvalue weighted by molar-refractivity contribution is 5.93. The van der Waals surface area contributed by atoms with E-state index in [-0.39, 0.29) is 17.7 Å². The maximum atomic E-state index is 12.4. The number of methoxy groups -OCH3 is 1. The summed E-state index contributed by atoms with van der Waals surface area (Å²) in [5.74, 6) is 1.08. The van der Waals surface area contributed by atoms with Gasteiger partial charge in [-0.1, -0.05) is 52.0 Å². The molecule has 160 valence electrons. The van der Waals surface area contributed by atoms with E-state index in [0.717, 1.165) is 35.5 Å². The molecule has 2 aromatic rings. The smallest absolute Gasteiger partial charge is 0.162 e. The topological polar surface area (TPSA) is 35.5 Å². The van der Waals surface area contributed by atoms with Crippen LogP contribution in [0.3, 0.4) is 0 Å². The van der Waals surface area contributed by atoms with Crippen LogP contribution in [-0.2, 0) is 0 Å². The molecule has 0 heterocycles. The Morgan fingerprint density at radius 2 is 1.72 bits per heavy atom. The Morgan fingerprint density at radius 1 is 1.07 bits per heavy atom. The van der Waals surface area contributed by atoms with Crippen LogP contribution >= 0.6 is 0 Å². The van der Waals surface area contributed by atoms with Gasteiger partial charge in [0.1, 0.15) is 5.82 Å². The van der Waals surface area contributed by atoms with E-state index < -0.39 is 0 Å². The second-order valence-corrected chi connectivity index (χ2v) is 6.45. The third-order valence-corrected chi connectivity index (χ3v) is 3.72. The van der Waals surface area contributed by atoms with E-state index in [4.69, 9.17) is 9.47 Å². The number of ether oxygens (including phenoxy) is 2. The summed E-state index contributed by atoms with van der Waals surface area (Å²) in [6.45, 7) is 15.7. The van der Waals surface area contributed by atoms with Crippen molar-refractivity contribution in [1.82, 2.24) is 0 Å². The Balaban J connectivity index is 0.000000554. The van der Waals surface area contributed by atoms with Gasteiger partial charge in [0.05, 0.1) is 13.2 Å². The standard InChI is InChI=1S/C15H22O2.C8H7FO.C2H6/c1-6-7-12(4)13-8-9-14(16-5)15(10-13)17-11(2)3;1-6(10)7-3-2-4-8(9)5-7;1-2/h8-11H,4,6-7H2,1-3,5H3;2-5H,1H3;1-2H3. The minimum Gasteiger partial charge on any atom is -0.493 e. The van der Waals surface area contributed by atoms with Gasteiger partial charge >= 0.3 is 0 Å². The molecular weight excluding hydrogens is 367 g/mol. The number of allylic oxidation sites excluding steroid dienone is 1. The van der Waals surface area contributed by atoms with Gasteiger partial charge in [0.15, 0.2) is 17.3 Å². The number of hydrogen-bond donors (Lipinski definition) is 0. The fourth-order valence-corrected chi connectivity index (χ4v) is 2.40. The summed E-state index contributed by atoms with van der Waals surface area (Å²) >= 11 is 0. The van der Waals surface area contributed by atoms with Crippen molar-refractivity contribution in [1.29, 1.82) is 0 Å². The summed E-state index contributed by atoms with van der Waals surface area (Å²) in [5.41, 5.74) is 2.69. The maximum Gasteiger partial charge on any atom is 0.162 e. The van der Waals surface area contributed by atoms with Crippen molar-refractivity contribution < 1.29 is 18.7 Å². The van der Waals surface area contributed by atoms with Crippen LogP contribution in [0.25, 0.3) is 5.57 Å². The molecule has 0 aliphatic carbocycles. The normalized spacial score (nSPS) is 9.55. The molecule has 0 aliphatic heterocycles. The van der Waals surface area contributed by atoms with Gasteiger partial charge in [-0.2, -0.15) is 0 Å². The molecule has 29 heavy (non-hydrogen) atoms. The third kappa shape index (κ3) is 9.93. The van der Waals surface area contributed by atoms with Gasteiger partial charge in [-0.25, -0.2) is 4.39 Å². The molecule has 0 saturated heterocycles. The molecule has 0 N–H and O–H groups in total. The molecule has 0 aromatic heterocycles. The van der Waals surface area contributed by atoms with Gasteiger partial charge in [-0.3, -0.25) is 4.79 Å². The lowest BCUT2D eigenvalue weighted by molar-refractivity contribution is 0.101. The molecule has 4 heteroatoms. The van der Waals surface area contributed by atoms with E-state index in [9.17, 15) is 9.18 Å². The molecule has 0 bridgehead atoms. The van der Waals surface area contributed by atoms with Crippen LogP contribution in [0.15, 0.2) is 49.0 Å². The minimum atomic E-state index is -0.368. The molecular formula is C25H35FO3. The predicted octanol–water partition coefficient (Wildman–Crippen LogP) is 7.35. The quantitative estimate of drug-likeness (QED) is 0.454. The number of halogens is 1. The first-order chi connectivity index (χ1) is 13.8. The number of rotatable bonds is 7. The predicted molar refractivity (Wildman–Crippen MR) is 120 cm³/mol. The van der Waals surface area contributed by atoms with Gasteiger partial charge in [0, 0.05) is 5.56 Å². The lowest BCUT2D eigenvalue weighted by atomic mass is 10.0. The molecule has 3 nitrogen and oxygen atoms in total. The highest BCUT2D eigenvalue weighted by atomic mass is 19.1. The molecule has 2 rings (SSSR count). The second kappa shape index (κ2) is 14.4. The molecule has 0 amide bonds. The summed E-state index contributed by atoms with van der Waals surface area (Å²) < 4.78 is 23.4. The Labute approximate surface area is 175 Å². The van der Waals surface area contributed by atoms with Crippen LogP contribution in [-0.4, -0.2) is 19.0 Å². The van der Waals surface area contributed by atoms with E-state index in [0.29, 0.717) is 5.56 Å². The van der Waals surface area contributed by atoms with Crippen LogP contribution in [0.4, 0.5) is 4.39 Å². The van der Waals surface area contributed by atoms with Crippen LogP contribution in [0.2, 0.25) is 0 Å². The van der Waals surface area contributed by atoms with Gasteiger partial charge in [0.25, 0.3) is 0 Å². The molecule has 0 radical (unpaired) electrons. The van der Waals surface area contributed by atoms with Crippen LogP contribution in [0, 0.1) is 5.82 Å². The highest BCUT2D eigenvalue weighted by Crippen LogP contribution is 2.32. The van der Waals surface area contributed by atoms with E-state index in [1.807, 2.05) is 45.9 Å². The van der Waals surface area contributed by atoms with E-state index >= 15 is 0 Å². The summed E-state index contributed by atoms with van der Waals surface area (Å²) in [7, 11) is 1.66. The largest absolute Gasteiger partial charge is 0.493 e. The average Bonchev–Trinajstić information content (AvgIpc) is 2.69. The molecule has 0 saturated carbocycles. The van der Waals surface area contributed by atoms with E-state index in [1.54, 1.807) is 13.2 Å². The lowest BCUT2D eigenvalue weighted by Gasteiger charge is -2.15. The van der Waals surface area contributed by atoms with E-state index in [1.165, 1.54) is 25.1 Å². The molecule has 0 unspecified atom stereocenters. The van der Waals surface area contributed by atoms with Crippen molar-refractivity contribution in [2.24, 2.45) is 0 Å². The summed E-state index contributed by atoms with van der Waals surface area (Å²) in [4.78, 5) is 10.6. The second-order valence-electron chi connectivity index (χ2n) is 6.45. The van der Waals surface area contributed by atoms with Gasteiger partial charge in [-0.05, 0) is 62.6 Å².